The Labute approximate surface area is 154 Å². The maximum atomic E-state index is 12.6. The van der Waals surface area contributed by atoms with Crippen molar-refractivity contribution < 1.29 is 13.2 Å². The van der Waals surface area contributed by atoms with Gasteiger partial charge in [-0.25, -0.2) is 8.42 Å². The minimum Gasteiger partial charge on any atom is -0.337 e. The molecule has 1 aromatic rings. The van der Waals surface area contributed by atoms with Gasteiger partial charge in [-0.2, -0.15) is 9.57 Å². The van der Waals surface area contributed by atoms with E-state index < -0.39 is 15.6 Å². The monoisotopic (exact) mass is 376 g/mol. The predicted molar refractivity (Wildman–Crippen MR) is 96.5 cm³/mol. The lowest BCUT2D eigenvalue weighted by molar-refractivity contribution is -0.123. The zero-order valence-corrected chi connectivity index (χ0v) is 15.7. The van der Waals surface area contributed by atoms with Gasteiger partial charge in [-0.3, -0.25) is 9.69 Å². The molecule has 1 atom stereocenters. The van der Waals surface area contributed by atoms with Crippen molar-refractivity contribution in [2.24, 2.45) is 5.92 Å². The Morgan fingerprint density at radius 1 is 1.23 bits per heavy atom. The van der Waals surface area contributed by atoms with Crippen molar-refractivity contribution in [3.63, 3.8) is 0 Å². The normalized spacial score (nSPS) is 21.5. The molecule has 0 spiro atoms. The van der Waals surface area contributed by atoms with Gasteiger partial charge in [0.1, 0.15) is 5.54 Å². The first kappa shape index (κ1) is 18.8. The number of carbonyl (C=O) groups is 1. The highest BCUT2D eigenvalue weighted by Gasteiger charge is 2.43. The number of piperazine rings is 1. The van der Waals surface area contributed by atoms with Crippen LogP contribution in [0.1, 0.15) is 19.8 Å². The molecular weight excluding hydrogens is 352 g/mol. The maximum Gasteiger partial charge on any atom is 0.243 e. The molecule has 3 rings (SSSR count). The van der Waals surface area contributed by atoms with Gasteiger partial charge in [0.15, 0.2) is 0 Å². The van der Waals surface area contributed by atoms with Crippen LogP contribution >= 0.6 is 0 Å². The van der Waals surface area contributed by atoms with Crippen molar-refractivity contribution in [3.05, 3.63) is 30.3 Å². The third-order valence-electron chi connectivity index (χ3n) is 5.10. The number of nitrogens with one attached hydrogen (secondary N) is 1. The zero-order chi connectivity index (χ0) is 18.8. The average molecular weight is 376 g/mol. The fourth-order valence-corrected chi connectivity index (χ4v) is 4.73. The van der Waals surface area contributed by atoms with Crippen LogP contribution in [0, 0.1) is 17.2 Å². The molecule has 140 valence electrons. The molecule has 1 aliphatic heterocycles. The summed E-state index contributed by atoms with van der Waals surface area (Å²) in [7, 11) is -3.49. The largest absolute Gasteiger partial charge is 0.337 e. The van der Waals surface area contributed by atoms with Gasteiger partial charge in [0, 0.05) is 26.2 Å². The van der Waals surface area contributed by atoms with Crippen LogP contribution in [0.4, 0.5) is 0 Å². The lowest BCUT2D eigenvalue weighted by Crippen LogP contribution is -2.54. The van der Waals surface area contributed by atoms with E-state index in [4.69, 9.17) is 0 Å². The summed E-state index contributed by atoms with van der Waals surface area (Å²) in [5, 5.41) is 12.2. The Hall–Kier alpha value is -1.95. The highest BCUT2D eigenvalue weighted by atomic mass is 32.2. The maximum absolute atomic E-state index is 12.6. The number of nitrogens with zero attached hydrogens (tertiary/aromatic N) is 3. The molecule has 2 aliphatic rings. The van der Waals surface area contributed by atoms with Crippen LogP contribution in [0.5, 0.6) is 0 Å². The molecule has 1 heterocycles. The molecule has 1 saturated carbocycles. The van der Waals surface area contributed by atoms with Gasteiger partial charge < -0.3 is 5.32 Å². The van der Waals surface area contributed by atoms with Crippen LogP contribution in [0.15, 0.2) is 35.2 Å². The van der Waals surface area contributed by atoms with Crippen molar-refractivity contribution >= 4 is 15.9 Å². The zero-order valence-electron chi connectivity index (χ0n) is 14.9. The van der Waals surface area contributed by atoms with Gasteiger partial charge >= 0.3 is 0 Å². The number of hydrogen-bond acceptors (Lipinski definition) is 5. The molecule has 1 unspecified atom stereocenters. The van der Waals surface area contributed by atoms with Crippen LogP contribution in [0.3, 0.4) is 0 Å². The van der Waals surface area contributed by atoms with Gasteiger partial charge in [0.05, 0.1) is 17.5 Å². The molecule has 26 heavy (non-hydrogen) atoms. The van der Waals surface area contributed by atoms with Crippen LogP contribution < -0.4 is 5.32 Å². The minimum absolute atomic E-state index is 0.180. The van der Waals surface area contributed by atoms with E-state index in [2.05, 4.69) is 11.4 Å². The van der Waals surface area contributed by atoms with Gasteiger partial charge in [0.25, 0.3) is 0 Å². The quantitative estimate of drug-likeness (QED) is 0.793. The molecule has 1 saturated heterocycles. The fraction of sp³-hybridized carbons (Fsp3) is 0.556. The summed E-state index contributed by atoms with van der Waals surface area (Å²) in [5.41, 5.74) is -0.796. The summed E-state index contributed by atoms with van der Waals surface area (Å²) in [4.78, 5) is 14.5. The van der Waals surface area contributed by atoms with E-state index in [0.717, 1.165) is 12.8 Å². The van der Waals surface area contributed by atoms with Gasteiger partial charge in [-0.15, -0.1) is 0 Å². The van der Waals surface area contributed by atoms with E-state index in [0.29, 0.717) is 31.1 Å². The van der Waals surface area contributed by atoms with E-state index in [1.165, 1.54) is 4.31 Å². The molecule has 7 nitrogen and oxygen atoms in total. The Morgan fingerprint density at radius 2 is 1.85 bits per heavy atom. The summed E-state index contributed by atoms with van der Waals surface area (Å²) >= 11 is 0. The number of amides is 1. The van der Waals surface area contributed by atoms with Gasteiger partial charge in [0.2, 0.25) is 15.9 Å². The Morgan fingerprint density at radius 3 is 2.38 bits per heavy atom. The number of benzene rings is 1. The minimum atomic E-state index is -3.49. The van der Waals surface area contributed by atoms with E-state index in [1.54, 1.807) is 37.3 Å². The van der Waals surface area contributed by atoms with Crippen molar-refractivity contribution in [1.82, 2.24) is 14.5 Å². The third-order valence-corrected chi connectivity index (χ3v) is 7.02. The summed E-state index contributed by atoms with van der Waals surface area (Å²) in [6.45, 7) is 3.64. The summed E-state index contributed by atoms with van der Waals surface area (Å²) in [6, 6.07) is 10.6. The number of nitriles is 1. The molecule has 1 N–H and O–H groups in total. The Kier molecular flexibility index (Phi) is 5.32. The molecule has 1 amide bonds. The van der Waals surface area contributed by atoms with Crippen LogP contribution in [0.25, 0.3) is 0 Å². The average Bonchev–Trinajstić information content (AvgIpc) is 3.48. The standard InChI is InChI=1S/C18H24N4O3S/c1-18(14-19,15-7-8-15)20-17(23)13-21-9-11-22(12-10-21)26(24,25)16-5-3-2-4-6-16/h2-6,15H,7-13H2,1H3,(H,20,23). The van der Waals surface area contributed by atoms with Crippen molar-refractivity contribution in [1.29, 1.82) is 5.26 Å². The first-order chi connectivity index (χ1) is 12.3. The fourth-order valence-electron chi connectivity index (χ4n) is 3.28. The summed E-state index contributed by atoms with van der Waals surface area (Å²) in [5.74, 6) is 0.0598. The lowest BCUT2D eigenvalue weighted by Gasteiger charge is -2.34. The SMILES string of the molecule is CC(C#N)(NC(=O)CN1CCN(S(=O)(=O)c2ccccc2)CC1)C1CC1. The second-order valence-electron chi connectivity index (χ2n) is 7.13. The molecule has 0 bridgehead atoms. The van der Waals surface area contributed by atoms with Crippen molar-refractivity contribution in [2.75, 3.05) is 32.7 Å². The van der Waals surface area contributed by atoms with E-state index in [9.17, 15) is 18.5 Å². The Bertz CT molecular complexity index is 793. The first-order valence-corrected chi connectivity index (χ1v) is 10.3. The number of sulfonamides is 1. The molecule has 8 heteroatoms. The van der Waals surface area contributed by atoms with E-state index in [-0.39, 0.29) is 18.4 Å². The van der Waals surface area contributed by atoms with Crippen molar-refractivity contribution in [3.8, 4) is 6.07 Å². The molecule has 0 radical (unpaired) electrons. The van der Waals surface area contributed by atoms with Crippen LogP contribution in [0.2, 0.25) is 0 Å². The molecule has 1 aliphatic carbocycles. The molecule has 2 fully saturated rings. The van der Waals surface area contributed by atoms with Crippen LogP contribution in [-0.2, 0) is 14.8 Å². The molecule has 1 aromatic carbocycles. The summed E-state index contributed by atoms with van der Waals surface area (Å²) < 4.78 is 26.7. The Balaban J connectivity index is 1.53. The van der Waals surface area contributed by atoms with Gasteiger partial charge in [-0.05, 0) is 37.8 Å². The first-order valence-electron chi connectivity index (χ1n) is 8.85. The highest BCUT2D eigenvalue weighted by Crippen LogP contribution is 2.39. The number of rotatable bonds is 6. The van der Waals surface area contributed by atoms with E-state index >= 15 is 0 Å². The lowest BCUT2D eigenvalue weighted by atomic mass is 9.98. The topological polar surface area (TPSA) is 93.5 Å². The van der Waals surface area contributed by atoms with Crippen LogP contribution in [-0.4, -0.2) is 61.8 Å². The highest BCUT2D eigenvalue weighted by molar-refractivity contribution is 7.89. The molecular formula is C18H24N4O3S. The van der Waals surface area contributed by atoms with Gasteiger partial charge in [-0.1, -0.05) is 18.2 Å². The molecule has 0 aromatic heterocycles. The predicted octanol–water partition coefficient (Wildman–Crippen LogP) is 0.801. The third kappa shape index (κ3) is 4.06. The van der Waals surface area contributed by atoms with Crippen molar-refractivity contribution in [2.45, 2.75) is 30.2 Å². The number of carbonyl (C=O) groups excluding carboxylic acids is 1. The summed E-state index contributed by atoms with van der Waals surface area (Å²) in [6.07, 6.45) is 1.95. The van der Waals surface area contributed by atoms with E-state index in [1.807, 2.05) is 4.90 Å². The second kappa shape index (κ2) is 7.35. The number of hydrogen-bond donors (Lipinski definition) is 1. The smallest absolute Gasteiger partial charge is 0.243 e. The second-order valence-corrected chi connectivity index (χ2v) is 9.07.